The molecule has 5 saturated heterocycles. The number of aliphatic hydroxyl groups is 17. The highest BCUT2D eigenvalue weighted by Crippen LogP contribution is 2.75. The highest BCUT2D eigenvalue weighted by Gasteiger charge is 2.71. The van der Waals surface area contributed by atoms with E-state index in [0.29, 0.717) is 38.5 Å². The summed E-state index contributed by atoms with van der Waals surface area (Å²) in [6.45, 7) is 13.5. The Morgan fingerprint density at radius 1 is 0.624 bits per heavy atom. The van der Waals surface area contributed by atoms with E-state index in [-0.39, 0.29) is 40.9 Å². The second kappa shape index (κ2) is 26.0. The zero-order chi connectivity index (χ0) is 62.4. The zero-order valence-electron chi connectivity index (χ0n) is 50.1. The van der Waals surface area contributed by atoms with Crippen LogP contribution in [0.25, 0.3) is 0 Å². The Kier molecular flexibility index (Phi) is 20.8. The molecule has 0 aromatic rings. The van der Waals surface area contributed by atoms with Crippen LogP contribution in [-0.4, -0.2) is 279 Å². The quantitative estimate of drug-likeness (QED) is 0.0593. The smallest absolute Gasteiger partial charge is 0.187 e. The lowest BCUT2D eigenvalue weighted by molar-refractivity contribution is -0.364. The summed E-state index contributed by atoms with van der Waals surface area (Å²) in [4.78, 5) is 0. The van der Waals surface area contributed by atoms with Gasteiger partial charge in [-0.05, 0) is 99.7 Å². The molecule has 26 nitrogen and oxygen atoms in total. The molecule has 17 N–H and O–H groups in total. The van der Waals surface area contributed by atoms with Crippen molar-refractivity contribution >= 4 is 0 Å². The van der Waals surface area contributed by atoms with E-state index < -0.39 is 209 Å². The van der Waals surface area contributed by atoms with Crippen molar-refractivity contribution in [3.05, 3.63) is 11.6 Å². The molecule has 0 amide bonds. The average molecular weight is 1230 g/mol. The van der Waals surface area contributed by atoms with Crippen molar-refractivity contribution in [2.24, 2.45) is 51.2 Å². The van der Waals surface area contributed by atoms with Crippen LogP contribution in [0.2, 0.25) is 0 Å². The summed E-state index contributed by atoms with van der Waals surface area (Å²) in [6.07, 6.45) is -28.9. The van der Waals surface area contributed by atoms with Gasteiger partial charge in [-0.1, -0.05) is 53.2 Å². The number of rotatable bonds is 18. The molecule has 3 saturated carbocycles. The maximum atomic E-state index is 12.9. The number of hydrogen-bond acceptors (Lipinski definition) is 26. The van der Waals surface area contributed by atoms with Gasteiger partial charge >= 0.3 is 0 Å². The maximum absolute atomic E-state index is 12.9. The highest BCUT2D eigenvalue weighted by molar-refractivity contribution is 5.32. The standard InChI is InChI=1S/C59H100O26/c1-24(9-13-37(56(4,5)76)84-54-49(29(63)17-25(19-60)79-54)85-53-48(75)45(72)41(68)32(21-62)81-53)26-15-16-57(6)34-12-10-27-28(59(34,8)35(65)18-58(26,57)7)11-14-36(55(27,2)3)83-51-38(50-46(73)39(66)30(64)22-77-50)43(70)42(69)33(82-51)23-78-52-47(74)44(71)40(67)31(20-61)80-52/h10,24-26,28-54,60-76H,9,11-23H2,1-8H3/t24-,25+,26?,28?,29+,30+,31-,32-,33-,34?,35-,36+,37-,38+,39+,40-,41-,42-,43-,44+,45+,46+,47-,48-,49-,50?,51+,52-,53+,54+,57+,58-,59+/m1/s1. The molecule has 0 spiro atoms. The molecule has 5 heterocycles. The SMILES string of the molecule is C[C@H](CC[C@@H](O[C@@H]1O[C@H](CO)C[C@H](O)[C@H]1O[C@@H]1O[C@H](CO)[C@@H](O)[C@H](O)[C@H]1O)C(C)(C)O)C1CC[C@@]2(C)C3CC=C4C(CC[C@H](O[C@@H]5O[C@H](CO[C@@H]6O[C@H](CO)[C@@H](O)[C@H](O)[C@H]6O)[C@@H](O)[C@H](O)[C@H]5C5OC[C@H](O)[C@H](O)[C@@H]5O)C4(C)C)[C@]3(C)[C@H](O)C[C@]12C. The third-order valence-electron chi connectivity index (χ3n) is 22.6. The second-order valence-corrected chi connectivity index (χ2v) is 28.2. The predicted octanol–water partition coefficient (Wildman–Crippen LogP) is -3.47. The third-order valence-corrected chi connectivity index (χ3v) is 22.6. The largest absolute Gasteiger partial charge is 0.394 e. The highest BCUT2D eigenvalue weighted by atomic mass is 16.8. The van der Waals surface area contributed by atoms with Crippen LogP contribution in [0, 0.1) is 51.2 Å². The van der Waals surface area contributed by atoms with Crippen LogP contribution < -0.4 is 0 Å². The van der Waals surface area contributed by atoms with Crippen molar-refractivity contribution < 1.29 is 129 Å². The van der Waals surface area contributed by atoms with Crippen LogP contribution in [0.3, 0.4) is 0 Å². The lowest BCUT2D eigenvalue weighted by Gasteiger charge is -2.67. The Morgan fingerprint density at radius 2 is 1.24 bits per heavy atom. The second-order valence-electron chi connectivity index (χ2n) is 28.2. The van der Waals surface area contributed by atoms with Gasteiger partial charge in [-0.2, -0.15) is 0 Å². The van der Waals surface area contributed by atoms with Crippen LogP contribution >= 0.6 is 0 Å². The summed E-state index contributed by atoms with van der Waals surface area (Å²) in [5.74, 6) is -1.18. The first-order chi connectivity index (χ1) is 39.8. The Hall–Kier alpha value is -1.30. The van der Waals surface area contributed by atoms with Crippen molar-refractivity contribution in [2.45, 2.75) is 272 Å². The molecule has 4 aliphatic carbocycles. The molecule has 85 heavy (non-hydrogen) atoms. The fourth-order valence-corrected chi connectivity index (χ4v) is 17.2. The van der Waals surface area contributed by atoms with Crippen LogP contribution in [0.1, 0.15) is 113 Å². The van der Waals surface area contributed by atoms with E-state index in [1.54, 1.807) is 13.8 Å². The van der Waals surface area contributed by atoms with E-state index >= 15 is 0 Å². The lowest BCUT2D eigenvalue weighted by Crippen LogP contribution is -2.67. The molecule has 0 bridgehead atoms. The molecule has 492 valence electrons. The van der Waals surface area contributed by atoms with Gasteiger partial charge in [0.25, 0.3) is 0 Å². The molecular weight excluding hydrogens is 1120 g/mol. The number of allylic oxidation sites excluding steroid dienone is 1. The summed E-state index contributed by atoms with van der Waals surface area (Å²) in [5, 5.41) is 185. The zero-order valence-corrected chi connectivity index (χ0v) is 50.1. The molecule has 5 aliphatic heterocycles. The van der Waals surface area contributed by atoms with E-state index in [4.69, 9.17) is 42.6 Å². The van der Waals surface area contributed by atoms with Crippen LogP contribution in [0.5, 0.6) is 0 Å². The summed E-state index contributed by atoms with van der Waals surface area (Å²) in [7, 11) is 0. The lowest BCUT2D eigenvalue weighted by atomic mass is 9.38. The first-order valence-corrected chi connectivity index (χ1v) is 30.7. The molecule has 8 fully saturated rings. The maximum Gasteiger partial charge on any atom is 0.187 e. The molecule has 9 rings (SSSR count). The Labute approximate surface area is 496 Å². The van der Waals surface area contributed by atoms with E-state index in [2.05, 4.69) is 33.8 Å². The molecule has 0 aromatic carbocycles. The number of aliphatic hydroxyl groups excluding tert-OH is 16. The molecule has 0 aromatic heterocycles. The molecule has 26 heteroatoms. The first kappa shape index (κ1) is 68.1. The van der Waals surface area contributed by atoms with Gasteiger partial charge in [-0.15, -0.1) is 0 Å². The van der Waals surface area contributed by atoms with Crippen molar-refractivity contribution in [2.75, 3.05) is 33.0 Å². The van der Waals surface area contributed by atoms with E-state index in [1.165, 1.54) is 0 Å². The number of hydrogen-bond donors (Lipinski definition) is 17. The summed E-state index contributed by atoms with van der Waals surface area (Å²) in [6, 6.07) is 0. The minimum Gasteiger partial charge on any atom is -0.394 e. The predicted molar refractivity (Wildman–Crippen MR) is 291 cm³/mol. The minimum atomic E-state index is -1.78. The molecule has 0 radical (unpaired) electrons. The fourth-order valence-electron chi connectivity index (χ4n) is 17.2. The fraction of sp³-hybridized carbons (Fsp3) is 0.966. The van der Waals surface area contributed by atoms with Gasteiger partial charge in [-0.3, -0.25) is 0 Å². The van der Waals surface area contributed by atoms with Gasteiger partial charge in [0, 0.05) is 17.3 Å². The van der Waals surface area contributed by atoms with Gasteiger partial charge in [0.2, 0.25) is 0 Å². The van der Waals surface area contributed by atoms with Gasteiger partial charge in [-0.25, -0.2) is 0 Å². The average Bonchev–Trinajstić information content (AvgIpc) is 1.67. The van der Waals surface area contributed by atoms with Gasteiger partial charge in [0.15, 0.2) is 25.2 Å². The van der Waals surface area contributed by atoms with Crippen LogP contribution in [0.4, 0.5) is 0 Å². The first-order valence-electron chi connectivity index (χ1n) is 30.7. The molecule has 9 aliphatic rings. The molecular formula is C59H100O26. The van der Waals surface area contributed by atoms with Gasteiger partial charge in [0.05, 0.1) is 87.3 Å². The van der Waals surface area contributed by atoms with Gasteiger partial charge < -0.3 is 129 Å². The minimum absolute atomic E-state index is 0.0502. The third kappa shape index (κ3) is 12.2. The van der Waals surface area contributed by atoms with Crippen molar-refractivity contribution in [3.63, 3.8) is 0 Å². The van der Waals surface area contributed by atoms with Crippen molar-refractivity contribution in [1.82, 2.24) is 0 Å². The van der Waals surface area contributed by atoms with E-state index in [1.807, 2.05) is 13.8 Å². The summed E-state index contributed by atoms with van der Waals surface area (Å²) < 4.78 is 54.7. The van der Waals surface area contributed by atoms with Gasteiger partial charge in [0.1, 0.15) is 85.5 Å². The molecule has 33 atom stereocenters. The number of ether oxygens (including phenoxy) is 9. The summed E-state index contributed by atoms with van der Waals surface area (Å²) >= 11 is 0. The Bertz CT molecular complexity index is 2240. The van der Waals surface area contributed by atoms with Crippen molar-refractivity contribution in [3.8, 4) is 0 Å². The van der Waals surface area contributed by atoms with Crippen LogP contribution in [-0.2, 0) is 42.6 Å². The topological polar surface area (TPSA) is 427 Å². The van der Waals surface area contributed by atoms with Crippen LogP contribution in [0.15, 0.2) is 11.6 Å². The Balaban J connectivity index is 0.904. The van der Waals surface area contributed by atoms with E-state index in [9.17, 15) is 86.8 Å². The van der Waals surface area contributed by atoms with E-state index in [0.717, 1.165) is 18.4 Å². The Morgan fingerprint density at radius 3 is 1.86 bits per heavy atom. The summed E-state index contributed by atoms with van der Waals surface area (Å²) in [5.41, 5.74) is -2.29. The van der Waals surface area contributed by atoms with Crippen molar-refractivity contribution in [1.29, 1.82) is 0 Å². The monoisotopic (exact) mass is 1220 g/mol. The number of fused-ring (bicyclic) bond motifs is 5. The normalized spacial score (nSPS) is 51.9. The molecule has 4 unspecified atom stereocenters.